The van der Waals surface area contributed by atoms with E-state index in [2.05, 4.69) is 22.0 Å². The van der Waals surface area contributed by atoms with Gasteiger partial charge in [0.2, 0.25) is 5.91 Å². The summed E-state index contributed by atoms with van der Waals surface area (Å²) in [6.07, 6.45) is 2.91. The van der Waals surface area contributed by atoms with Gasteiger partial charge in [-0.1, -0.05) is 18.2 Å². The molecule has 0 aliphatic carbocycles. The number of likely N-dealkylation sites (tertiary alicyclic amines) is 1. The van der Waals surface area contributed by atoms with E-state index in [4.69, 9.17) is 9.84 Å². The first-order chi connectivity index (χ1) is 17.5. The average Bonchev–Trinajstić information content (AvgIpc) is 3.27. The molecule has 0 bridgehead atoms. The molecule has 9 heteroatoms. The molecule has 9 nitrogen and oxygen atoms in total. The number of benzene rings is 1. The third kappa shape index (κ3) is 4.54. The van der Waals surface area contributed by atoms with Crippen molar-refractivity contribution >= 4 is 28.6 Å². The Balaban J connectivity index is 1.27. The van der Waals surface area contributed by atoms with Gasteiger partial charge in [-0.25, -0.2) is 4.68 Å². The van der Waals surface area contributed by atoms with Crippen molar-refractivity contribution in [1.29, 1.82) is 0 Å². The molecule has 1 amide bonds. The molecule has 0 unspecified atom stereocenters. The molecule has 2 aliphatic heterocycles. The minimum atomic E-state index is -0.131. The van der Waals surface area contributed by atoms with Crippen molar-refractivity contribution in [1.82, 2.24) is 24.9 Å². The molecule has 0 atom stereocenters. The fourth-order valence-corrected chi connectivity index (χ4v) is 5.54. The number of para-hydroxylation sites is 1. The third-order valence-electron chi connectivity index (χ3n) is 7.56. The molecule has 190 valence electrons. The van der Waals surface area contributed by atoms with Gasteiger partial charge in [-0.05, 0) is 58.6 Å². The topological polar surface area (TPSA) is 93.5 Å². The molecule has 5 rings (SSSR count). The lowest BCUT2D eigenvalue weighted by atomic mass is 9.92. The maximum absolute atomic E-state index is 13.2. The zero-order valence-electron chi connectivity index (χ0n) is 21.3. The van der Waals surface area contributed by atoms with Crippen LogP contribution in [0.1, 0.15) is 44.0 Å². The van der Waals surface area contributed by atoms with Gasteiger partial charge >= 0.3 is 5.97 Å². The highest BCUT2D eigenvalue weighted by Gasteiger charge is 2.34. The van der Waals surface area contributed by atoms with Crippen LogP contribution in [0.5, 0.6) is 0 Å². The number of carbonyl (C=O) groups is 2. The molecule has 2 aromatic heterocycles. The standard InChI is InChI=1S/C27H34N6O3/c1-4-36-27(35)21-12-16-32(17-13-21)26(34)20-10-14-31(15-11-20)25-24-23(18(2)28-29-25)19(3)33(30-24)22-8-6-5-7-9-22/h5-9,20-21H,4,10-17H2,1-3H3. The smallest absolute Gasteiger partial charge is 0.309 e. The fraction of sp³-hybridized carbons (Fsp3) is 0.519. The normalized spacial score (nSPS) is 17.5. The van der Waals surface area contributed by atoms with Gasteiger partial charge in [-0.15, -0.1) is 5.10 Å². The SMILES string of the molecule is CCOC(=O)C1CCN(C(=O)C2CCN(c3nnc(C)c4c(C)n(-c5ccccc5)nc34)CC2)CC1. The summed E-state index contributed by atoms with van der Waals surface area (Å²) in [5, 5.41) is 15.0. The second-order valence-electron chi connectivity index (χ2n) is 9.78. The second kappa shape index (κ2) is 10.2. The van der Waals surface area contributed by atoms with Crippen LogP contribution in [0.3, 0.4) is 0 Å². The van der Waals surface area contributed by atoms with Crippen molar-refractivity contribution in [3.05, 3.63) is 41.7 Å². The van der Waals surface area contributed by atoms with Crippen LogP contribution in [0.2, 0.25) is 0 Å². The van der Waals surface area contributed by atoms with Crippen molar-refractivity contribution in [3.8, 4) is 5.69 Å². The summed E-state index contributed by atoms with van der Waals surface area (Å²) in [4.78, 5) is 29.4. The number of hydrogen-bond donors (Lipinski definition) is 0. The summed E-state index contributed by atoms with van der Waals surface area (Å²) in [7, 11) is 0. The van der Waals surface area contributed by atoms with Crippen LogP contribution in [-0.4, -0.2) is 69.5 Å². The highest BCUT2D eigenvalue weighted by atomic mass is 16.5. The highest BCUT2D eigenvalue weighted by molar-refractivity contribution is 5.92. The Morgan fingerprint density at radius 1 is 0.944 bits per heavy atom. The molecule has 1 aromatic carbocycles. The first-order valence-electron chi connectivity index (χ1n) is 13.0. The van der Waals surface area contributed by atoms with Gasteiger partial charge in [-0.3, -0.25) is 9.59 Å². The zero-order chi connectivity index (χ0) is 25.2. The van der Waals surface area contributed by atoms with Gasteiger partial charge in [0.25, 0.3) is 0 Å². The molecule has 0 spiro atoms. The van der Waals surface area contributed by atoms with E-state index in [1.807, 2.05) is 53.8 Å². The number of anilines is 1. The average molecular weight is 491 g/mol. The summed E-state index contributed by atoms with van der Waals surface area (Å²) in [6.45, 7) is 8.99. The summed E-state index contributed by atoms with van der Waals surface area (Å²) < 4.78 is 7.11. The van der Waals surface area contributed by atoms with Crippen LogP contribution in [0.4, 0.5) is 5.82 Å². The van der Waals surface area contributed by atoms with E-state index in [0.717, 1.165) is 59.7 Å². The number of aromatic nitrogens is 4. The number of nitrogens with zero attached hydrogens (tertiary/aromatic N) is 6. The Morgan fingerprint density at radius 3 is 2.28 bits per heavy atom. The summed E-state index contributed by atoms with van der Waals surface area (Å²) in [6, 6.07) is 10.1. The fourth-order valence-electron chi connectivity index (χ4n) is 5.54. The maximum atomic E-state index is 13.2. The van der Waals surface area contributed by atoms with E-state index < -0.39 is 0 Å². The van der Waals surface area contributed by atoms with Crippen LogP contribution < -0.4 is 4.90 Å². The molecule has 2 saturated heterocycles. The van der Waals surface area contributed by atoms with E-state index in [9.17, 15) is 9.59 Å². The summed E-state index contributed by atoms with van der Waals surface area (Å²) in [5.41, 5.74) is 3.77. The minimum absolute atomic E-state index is 0.00194. The van der Waals surface area contributed by atoms with Crippen molar-refractivity contribution in [2.24, 2.45) is 11.8 Å². The van der Waals surface area contributed by atoms with E-state index in [1.54, 1.807) is 0 Å². The molecule has 3 aromatic rings. The Bertz CT molecular complexity index is 1240. The zero-order valence-corrected chi connectivity index (χ0v) is 21.3. The molecular weight excluding hydrogens is 456 g/mol. The minimum Gasteiger partial charge on any atom is -0.466 e. The Kier molecular flexibility index (Phi) is 6.89. The summed E-state index contributed by atoms with van der Waals surface area (Å²) >= 11 is 0. The molecule has 2 aliphatic rings. The number of esters is 1. The number of carbonyl (C=O) groups excluding carboxylic acids is 2. The van der Waals surface area contributed by atoms with Crippen LogP contribution in [0, 0.1) is 25.7 Å². The van der Waals surface area contributed by atoms with Crippen molar-refractivity contribution in [2.75, 3.05) is 37.7 Å². The lowest BCUT2D eigenvalue weighted by Crippen LogP contribution is -2.46. The van der Waals surface area contributed by atoms with Crippen LogP contribution in [0.25, 0.3) is 16.6 Å². The first-order valence-corrected chi connectivity index (χ1v) is 13.0. The monoisotopic (exact) mass is 490 g/mol. The number of piperidine rings is 2. The second-order valence-corrected chi connectivity index (χ2v) is 9.78. The number of aryl methyl sites for hydroxylation is 2. The highest BCUT2D eigenvalue weighted by Crippen LogP contribution is 2.32. The molecule has 4 heterocycles. The number of hydrogen-bond acceptors (Lipinski definition) is 7. The van der Waals surface area contributed by atoms with E-state index in [-0.39, 0.29) is 23.7 Å². The maximum Gasteiger partial charge on any atom is 0.309 e. The Morgan fingerprint density at radius 2 is 1.61 bits per heavy atom. The molecule has 0 saturated carbocycles. The summed E-state index contributed by atoms with van der Waals surface area (Å²) in [5.74, 6) is 0.777. The van der Waals surface area contributed by atoms with Crippen molar-refractivity contribution in [2.45, 2.75) is 46.5 Å². The first kappa shape index (κ1) is 24.2. The Labute approximate surface area is 211 Å². The van der Waals surface area contributed by atoms with Gasteiger partial charge in [0, 0.05) is 32.1 Å². The molecule has 0 N–H and O–H groups in total. The number of ether oxygens (including phenoxy) is 1. The van der Waals surface area contributed by atoms with Gasteiger partial charge in [0.05, 0.1) is 35.0 Å². The largest absolute Gasteiger partial charge is 0.466 e. The van der Waals surface area contributed by atoms with Gasteiger partial charge in [-0.2, -0.15) is 10.2 Å². The number of fused-ring (bicyclic) bond motifs is 1. The molecule has 36 heavy (non-hydrogen) atoms. The predicted octanol–water partition coefficient (Wildman–Crippen LogP) is 3.45. The van der Waals surface area contributed by atoms with Crippen molar-refractivity contribution in [3.63, 3.8) is 0 Å². The third-order valence-corrected chi connectivity index (χ3v) is 7.56. The molecule has 2 fully saturated rings. The van der Waals surface area contributed by atoms with Gasteiger partial charge in [0.1, 0.15) is 5.52 Å². The van der Waals surface area contributed by atoms with Gasteiger partial charge < -0.3 is 14.5 Å². The Hall–Kier alpha value is -3.49. The molecular formula is C27H34N6O3. The quantitative estimate of drug-likeness (QED) is 0.506. The van der Waals surface area contributed by atoms with E-state index in [1.165, 1.54) is 0 Å². The van der Waals surface area contributed by atoms with Gasteiger partial charge in [0.15, 0.2) is 5.82 Å². The van der Waals surface area contributed by atoms with Crippen molar-refractivity contribution < 1.29 is 14.3 Å². The van der Waals surface area contributed by atoms with Crippen LogP contribution in [0.15, 0.2) is 30.3 Å². The van der Waals surface area contributed by atoms with Crippen LogP contribution in [-0.2, 0) is 14.3 Å². The predicted molar refractivity (Wildman–Crippen MR) is 137 cm³/mol. The number of amides is 1. The van der Waals surface area contributed by atoms with E-state index in [0.29, 0.717) is 32.5 Å². The van der Waals surface area contributed by atoms with E-state index >= 15 is 0 Å². The lowest BCUT2D eigenvalue weighted by molar-refractivity contribution is -0.151. The number of rotatable bonds is 5. The van der Waals surface area contributed by atoms with Crippen LogP contribution >= 0.6 is 0 Å². The molecule has 0 radical (unpaired) electrons. The lowest BCUT2D eigenvalue weighted by Gasteiger charge is -2.37.